The Morgan fingerprint density at radius 2 is 1.52 bits per heavy atom. The lowest BCUT2D eigenvalue weighted by atomic mass is 10.0. The zero-order valence-electron chi connectivity index (χ0n) is 13.6. The molecule has 0 spiro atoms. The Labute approximate surface area is 135 Å². The molecule has 0 unspecified atom stereocenters. The van der Waals surface area contributed by atoms with Crippen LogP contribution in [-0.2, 0) is 36.7 Å². The highest BCUT2D eigenvalue weighted by atomic mass is 16.5. The van der Waals surface area contributed by atoms with Gasteiger partial charge in [0, 0.05) is 18.3 Å². The average molecular weight is 322 g/mol. The zero-order chi connectivity index (χ0) is 17.4. The molecule has 0 aromatic heterocycles. The summed E-state index contributed by atoms with van der Waals surface area (Å²) in [5.74, 6) is -1.12. The highest BCUT2D eigenvalue weighted by molar-refractivity contribution is 5.91. The molecule has 23 heavy (non-hydrogen) atoms. The van der Waals surface area contributed by atoms with Crippen LogP contribution in [0.5, 0.6) is 0 Å². The third kappa shape index (κ3) is 5.98. The maximum atomic E-state index is 11.7. The first-order chi connectivity index (χ1) is 10.9. The van der Waals surface area contributed by atoms with Crippen LogP contribution in [0.3, 0.4) is 0 Å². The van der Waals surface area contributed by atoms with Crippen LogP contribution >= 0.6 is 0 Å². The molecule has 1 aromatic carbocycles. The van der Waals surface area contributed by atoms with Gasteiger partial charge in [0.05, 0.1) is 26.1 Å². The molecule has 0 atom stereocenters. The Balaban J connectivity index is 3.10. The second kappa shape index (κ2) is 8.77. The molecule has 0 aliphatic heterocycles. The van der Waals surface area contributed by atoms with E-state index in [0.29, 0.717) is 22.5 Å². The summed E-state index contributed by atoms with van der Waals surface area (Å²) in [5.41, 5.74) is 7.78. The van der Waals surface area contributed by atoms with Gasteiger partial charge in [0.25, 0.3) is 0 Å². The summed E-state index contributed by atoms with van der Waals surface area (Å²) < 4.78 is 9.80. The molecule has 1 amide bonds. The minimum atomic E-state index is -0.420. The van der Waals surface area contributed by atoms with E-state index in [2.05, 4.69) is 5.32 Å². The SMILES string of the molecule is CCOC(=O)Cc1cc(NC(C)=O)c(CC(=O)OCC)cc1N. The number of esters is 2. The molecule has 0 saturated heterocycles. The minimum absolute atomic E-state index is 0.00799. The smallest absolute Gasteiger partial charge is 0.310 e. The molecule has 7 nitrogen and oxygen atoms in total. The fourth-order valence-corrected chi connectivity index (χ4v) is 2.05. The number of ether oxygens (including phenoxy) is 2. The Hall–Kier alpha value is -2.57. The fraction of sp³-hybridized carbons (Fsp3) is 0.438. The number of benzene rings is 1. The summed E-state index contributed by atoms with van der Waals surface area (Å²) in [7, 11) is 0. The Morgan fingerprint density at radius 1 is 1.00 bits per heavy atom. The highest BCUT2D eigenvalue weighted by Gasteiger charge is 2.15. The molecule has 0 saturated carbocycles. The van der Waals surface area contributed by atoms with Gasteiger partial charge in [0.1, 0.15) is 0 Å². The van der Waals surface area contributed by atoms with E-state index in [1.165, 1.54) is 6.92 Å². The van der Waals surface area contributed by atoms with Crippen LogP contribution in [0, 0.1) is 0 Å². The van der Waals surface area contributed by atoms with Crippen LogP contribution in [0.4, 0.5) is 11.4 Å². The van der Waals surface area contributed by atoms with Crippen molar-refractivity contribution < 1.29 is 23.9 Å². The van der Waals surface area contributed by atoms with Crippen molar-refractivity contribution in [1.29, 1.82) is 0 Å². The lowest BCUT2D eigenvalue weighted by molar-refractivity contribution is -0.143. The van der Waals surface area contributed by atoms with Crippen molar-refractivity contribution in [1.82, 2.24) is 0 Å². The number of nitrogens with one attached hydrogen (secondary N) is 1. The van der Waals surface area contributed by atoms with Gasteiger partial charge in [0.15, 0.2) is 0 Å². The summed E-state index contributed by atoms with van der Waals surface area (Å²) in [6.07, 6.45) is -0.0285. The summed E-state index contributed by atoms with van der Waals surface area (Å²) >= 11 is 0. The Morgan fingerprint density at radius 3 is 2.00 bits per heavy atom. The number of hydrogen-bond acceptors (Lipinski definition) is 6. The van der Waals surface area contributed by atoms with E-state index < -0.39 is 11.9 Å². The van der Waals surface area contributed by atoms with Crippen LogP contribution in [0.2, 0.25) is 0 Å². The van der Waals surface area contributed by atoms with Gasteiger partial charge in [-0.2, -0.15) is 0 Å². The van der Waals surface area contributed by atoms with E-state index in [1.807, 2.05) is 0 Å². The van der Waals surface area contributed by atoms with Gasteiger partial charge < -0.3 is 20.5 Å². The Bertz CT molecular complexity index is 598. The van der Waals surface area contributed by atoms with Crippen LogP contribution in [0.15, 0.2) is 12.1 Å². The number of nitrogen functional groups attached to an aromatic ring is 1. The van der Waals surface area contributed by atoms with Crippen molar-refractivity contribution in [2.24, 2.45) is 0 Å². The number of carbonyl (C=O) groups is 3. The fourth-order valence-electron chi connectivity index (χ4n) is 2.05. The molecule has 0 radical (unpaired) electrons. The van der Waals surface area contributed by atoms with Crippen molar-refractivity contribution in [2.45, 2.75) is 33.6 Å². The molecule has 0 bridgehead atoms. The van der Waals surface area contributed by atoms with Gasteiger partial charge in [-0.15, -0.1) is 0 Å². The quantitative estimate of drug-likeness (QED) is 0.581. The molecular formula is C16H22N2O5. The van der Waals surface area contributed by atoms with E-state index >= 15 is 0 Å². The molecule has 1 rings (SSSR count). The molecular weight excluding hydrogens is 300 g/mol. The number of amides is 1. The number of nitrogens with two attached hydrogens (primary N) is 1. The van der Waals surface area contributed by atoms with Gasteiger partial charge in [0.2, 0.25) is 5.91 Å². The third-order valence-electron chi connectivity index (χ3n) is 2.96. The summed E-state index contributed by atoms with van der Waals surface area (Å²) in [6.45, 7) is 5.33. The van der Waals surface area contributed by atoms with Crippen molar-refractivity contribution in [3.05, 3.63) is 23.3 Å². The summed E-state index contributed by atoms with van der Waals surface area (Å²) in [6, 6.07) is 3.15. The van der Waals surface area contributed by atoms with Crippen LogP contribution < -0.4 is 11.1 Å². The first-order valence-electron chi connectivity index (χ1n) is 7.37. The van der Waals surface area contributed by atoms with E-state index in [9.17, 15) is 14.4 Å². The molecule has 0 aliphatic rings. The molecule has 0 fully saturated rings. The van der Waals surface area contributed by atoms with E-state index in [1.54, 1.807) is 26.0 Å². The predicted molar refractivity (Wildman–Crippen MR) is 85.8 cm³/mol. The van der Waals surface area contributed by atoms with Crippen LogP contribution in [0.1, 0.15) is 31.9 Å². The molecule has 0 aliphatic carbocycles. The standard InChI is InChI=1S/C16H22N2O5/c1-4-22-15(20)8-11-7-14(18-10(3)19)12(6-13(11)17)9-16(21)23-5-2/h6-7H,4-5,8-9,17H2,1-3H3,(H,18,19). The largest absolute Gasteiger partial charge is 0.466 e. The maximum absolute atomic E-state index is 11.7. The Kier molecular flexibility index (Phi) is 7.05. The topological polar surface area (TPSA) is 108 Å². The molecule has 126 valence electrons. The zero-order valence-corrected chi connectivity index (χ0v) is 13.6. The van der Waals surface area contributed by atoms with Crippen molar-refractivity contribution in [3.63, 3.8) is 0 Å². The average Bonchev–Trinajstić information content (AvgIpc) is 2.43. The van der Waals surface area contributed by atoms with Gasteiger partial charge in [-0.3, -0.25) is 14.4 Å². The summed E-state index contributed by atoms with van der Waals surface area (Å²) in [4.78, 5) is 34.6. The molecule has 1 aromatic rings. The second-order valence-corrected chi connectivity index (χ2v) is 4.85. The number of anilines is 2. The van der Waals surface area contributed by atoms with Gasteiger partial charge in [-0.05, 0) is 37.1 Å². The van der Waals surface area contributed by atoms with Crippen molar-refractivity contribution in [3.8, 4) is 0 Å². The molecule has 0 heterocycles. The second-order valence-electron chi connectivity index (χ2n) is 4.85. The third-order valence-corrected chi connectivity index (χ3v) is 2.96. The number of rotatable bonds is 7. The normalized spacial score (nSPS) is 10.0. The summed E-state index contributed by atoms with van der Waals surface area (Å²) in [5, 5.41) is 2.64. The van der Waals surface area contributed by atoms with Crippen LogP contribution in [-0.4, -0.2) is 31.1 Å². The van der Waals surface area contributed by atoms with Gasteiger partial charge in [-0.1, -0.05) is 0 Å². The van der Waals surface area contributed by atoms with E-state index in [0.717, 1.165) is 0 Å². The first kappa shape index (κ1) is 18.5. The monoisotopic (exact) mass is 322 g/mol. The minimum Gasteiger partial charge on any atom is -0.466 e. The van der Waals surface area contributed by atoms with Gasteiger partial charge in [-0.25, -0.2) is 0 Å². The van der Waals surface area contributed by atoms with Crippen molar-refractivity contribution in [2.75, 3.05) is 24.3 Å². The lowest BCUT2D eigenvalue weighted by Crippen LogP contribution is -2.15. The molecule has 7 heteroatoms. The number of hydrogen-bond donors (Lipinski definition) is 2. The maximum Gasteiger partial charge on any atom is 0.310 e. The van der Waals surface area contributed by atoms with Crippen LogP contribution in [0.25, 0.3) is 0 Å². The first-order valence-corrected chi connectivity index (χ1v) is 7.37. The van der Waals surface area contributed by atoms with E-state index in [-0.39, 0.29) is 32.0 Å². The van der Waals surface area contributed by atoms with E-state index in [4.69, 9.17) is 15.2 Å². The number of carbonyl (C=O) groups excluding carboxylic acids is 3. The molecule has 3 N–H and O–H groups in total. The highest BCUT2D eigenvalue weighted by Crippen LogP contribution is 2.25. The lowest BCUT2D eigenvalue weighted by Gasteiger charge is -2.14. The van der Waals surface area contributed by atoms with Crippen molar-refractivity contribution >= 4 is 29.2 Å². The van der Waals surface area contributed by atoms with Gasteiger partial charge >= 0.3 is 11.9 Å². The predicted octanol–water partition coefficient (Wildman–Crippen LogP) is 1.44.